The van der Waals surface area contributed by atoms with Crippen molar-refractivity contribution in [3.05, 3.63) is 30.3 Å². The predicted molar refractivity (Wildman–Crippen MR) is 52.8 cm³/mol. The number of nitrogens with one attached hydrogen (secondary N) is 2. The summed E-state index contributed by atoms with van der Waals surface area (Å²) in [6, 6.07) is 12.8. The molecule has 0 amide bonds. The van der Waals surface area contributed by atoms with E-state index in [1.54, 1.807) is 0 Å². The highest BCUT2D eigenvalue weighted by atomic mass is 15.4. The second kappa shape index (κ2) is 5.58. The SMILES string of the molecule is N#CCC(C#N)NNc1ccccc1. The van der Waals surface area contributed by atoms with Crippen LogP contribution < -0.4 is 10.9 Å². The van der Waals surface area contributed by atoms with Gasteiger partial charge in [0.25, 0.3) is 0 Å². The van der Waals surface area contributed by atoms with Crippen LogP contribution in [0.2, 0.25) is 0 Å². The lowest BCUT2D eigenvalue weighted by atomic mass is 10.2. The fourth-order valence-corrected chi connectivity index (χ4v) is 0.912. The molecule has 0 bridgehead atoms. The highest BCUT2D eigenvalue weighted by Gasteiger charge is 2.03. The van der Waals surface area contributed by atoms with E-state index in [0.717, 1.165) is 5.69 Å². The number of hydrogen-bond acceptors (Lipinski definition) is 4. The molecule has 0 aromatic heterocycles. The third kappa shape index (κ3) is 3.14. The molecule has 0 radical (unpaired) electrons. The predicted octanol–water partition coefficient (Wildman–Crippen LogP) is 1.41. The first kappa shape index (κ1) is 10.0. The molecular formula is C10H10N4. The van der Waals surface area contributed by atoms with Gasteiger partial charge in [0.15, 0.2) is 0 Å². The molecule has 0 saturated heterocycles. The third-order valence-electron chi connectivity index (χ3n) is 1.62. The number of benzene rings is 1. The minimum atomic E-state index is -0.486. The molecule has 14 heavy (non-hydrogen) atoms. The van der Waals surface area contributed by atoms with E-state index in [-0.39, 0.29) is 6.42 Å². The van der Waals surface area contributed by atoms with Crippen LogP contribution in [0.5, 0.6) is 0 Å². The van der Waals surface area contributed by atoms with E-state index in [1.807, 2.05) is 42.5 Å². The van der Waals surface area contributed by atoms with Crippen molar-refractivity contribution in [2.75, 3.05) is 5.43 Å². The van der Waals surface area contributed by atoms with Crippen molar-refractivity contribution >= 4 is 5.69 Å². The Morgan fingerprint density at radius 2 is 1.93 bits per heavy atom. The summed E-state index contributed by atoms with van der Waals surface area (Å²) in [5.41, 5.74) is 6.48. The first-order valence-electron chi connectivity index (χ1n) is 4.20. The fraction of sp³-hybridized carbons (Fsp3) is 0.200. The van der Waals surface area contributed by atoms with Gasteiger partial charge in [-0.3, -0.25) is 0 Å². The summed E-state index contributed by atoms with van der Waals surface area (Å²) < 4.78 is 0. The van der Waals surface area contributed by atoms with E-state index in [4.69, 9.17) is 10.5 Å². The maximum absolute atomic E-state index is 8.63. The van der Waals surface area contributed by atoms with E-state index in [9.17, 15) is 0 Å². The quantitative estimate of drug-likeness (QED) is 0.697. The minimum Gasteiger partial charge on any atom is -0.320 e. The Morgan fingerprint density at radius 1 is 1.21 bits per heavy atom. The Kier molecular flexibility index (Phi) is 4.00. The van der Waals surface area contributed by atoms with Gasteiger partial charge in [0.1, 0.15) is 6.04 Å². The average Bonchev–Trinajstić information content (AvgIpc) is 2.25. The lowest BCUT2D eigenvalue weighted by molar-refractivity contribution is 0.685. The van der Waals surface area contributed by atoms with Gasteiger partial charge in [-0.1, -0.05) is 18.2 Å². The van der Waals surface area contributed by atoms with E-state index >= 15 is 0 Å². The number of nitrogens with zero attached hydrogens (tertiary/aromatic N) is 2. The molecular weight excluding hydrogens is 176 g/mol. The summed E-state index contributed by atoms with van der Waals surface area (Å²) in [6.45, 7) is 0. The summed E-state index contributed by atoms with van der Waals surface area (Å²) in [4.78, 5) is 0. The van der Waals surface area contributed by atoms with Crippen molar-refractivity contribution < 1.29 is 0 Å². The van der Waals surface area contributed by atoms with Gasteiger partial charge >= 0.3 is 0 Å². The zero-order chi connectivity index (χ0) is 10.2. The highest BCUT2D eigenvalue weighted by molar-refractivity contribution is 5.41. The summed E-state index contributed by atoms with van der Waals surface area (Å²) in [6.07, 6.45) is 0.163. The Balaban J connectivity index is 2.41. The maximum Gasteiger partial charge on any atom is 0.125 e. The first-order valence-corrected chi connectivity index (χ1v) is 4.20. The summed E-state index contributed by atoms with van der Waals surface area (Å²) >= 11 is 0. The second-order valence-electron chi connectivity index (χ2n) is 2.68. The van der Waals surface area contributed by atoms with Gasteiger partial charge in [-0.25, -0.2) is 5.43 Å². The lowest BCUT2D eigenvalue weighted by Crippen LogP contribution is -2.32. The van der Waals surface area contributed by atoms with Gasteiger partial charge in [-0.15, -0.1) is 0 Å². The molecule has 2 N–H and O–H groups in total. The van der Waals surface area contributed by atoms with Crippen LogP contribution in [0.15, 0.2) is 30.3 Å². The van der Waals surface area contributed by atoms with Crippen molar-refractivity contribution in [1.82, 2.24) is 5.43 Å². The van der Waals surface area contributed by atoms with E-state index in [2.05, 4.69) is 10.9 Å². The van der Waals surface area contributed by atoms with Crippen LogP contribution in [-0.4, -0.2) is 6.04 Å². The molecule has 0 saturated carbocycles. The number of nitriles is 2. The third-order valence-corrected chi connectivity index (χ3v) is 1.62. The van der Waals surface area contributed by atoms with Gasteiger partial charge in [0.05, 0.1) is 18.6 Å². The molecule has 1 aromatic carbocycles. The number of para-hydroxylation sites is 1. The van der Waals surface area contributed by atoms with Crippen LogP contribution in [0.4, 0.5) is 5.69 Å². The molecule has 0 aliphatic carbocycles. The molecule has 4 heteroatoms. The van der Waals surface area contributed by atoms with Crippen LogP contribution in [0.1, 0.15) is 6.42 Å². The summed E-state index contributed by atoms with van der Waals surface area (Å²) in [5, 5.41) is 17.0. The number of hydrazine groups is 1. The van der Waals surface area contributed by atoms with Crippen molar-refractivity contribution in [3.8, 4) is 12.1 Å². The van der Waals surface area contributed by atoms with Gasteiger partial charge in [0, 0.05) is 5.69 Å². The van der Waals surface area contributed by atoms with Crippen LogP contribution >= 0.6 is 0 Å². The highest BCUT2D eigenvalue weighted by Crippen LogP contribution is 2.03. The Bertz CT molecular complexity index is 347. The maximum atomic E-state index is 8.63. The minimum absolute atomic E-state index is 0.163. The van der Waals surface area contributed by atoms with E-state index < -0.39 is 6.04 Å². The fourth-order valence-electron chi connectivity index (χ4n) is 0.912. The van der Waals surface area contributed by atoms with Crippen molar-refractivity contribution in [3.63, 3.8) is 0 Å². The topological polar surface area (TPSA) is 71.6 Å². The molecule has 0 heterocycles. The number of anilines is 1. The van der Waals surface area contributed by atoms with E-state index in [1.165, 1.54) is 0 Å². The summed E-state index contributed by atoms with van der Waals surface area (Å²) in [7, 11) is 0. The molecule has 1 unspecified atom stereocenters. The van der Waals surface area contributed by atoms with Crippen LogP contribution in [0, 0.1) is 22.7 Å². The Labute approximate surface area is 82.7 Å². The Morgan fingerprint density at radius 3 is 2.50 bits per heavy atom. The van der Waals surface area contributed by atoms with Crippen LogP contribution in [0.3, 0.4) is 0 Å². The van der Waals surface area contributed by atoms with Crippen molar-refractivity contribution in [1.29, 1.82) is 10.5 Å². The first-order chi connectivity index (χ1) is 6.86. The van der Waals surface area contributed by atoms with Gasteiger partial charge in [-0.2, -0.15) is 10.5 Å². The molecule has 0 aliphatic heterocycles. The monoisotopic (exact) mass is 186 g/mol. The molecule has 1 atom stereocenters. The largest absolute Gasteiger partial charge is 0.320 e. The van der Waals surface area contributed by atoms with Gasteiger partial charge in [0.2, 0.25) is 0 Å². The molecule has 0 spiro atoms. The van der Waals surface area contributed by atoms with Crippen LogP contribution in [0.25, 0.3) is 0 Å². The zero-order valence-electron chi connectivity index (χ0n) is 7.57. The van der Waals surface area contributed by atoms with Crippen LogP contribution in [-0.2, 0) is 0 Å². The molecule has 70 valence electrons. The molecule has 1 rings (SSSR count). The van der Waals surface area contributed by atoms with Gasteiger partial charge < -0.3 is 5.43 Å². The molecule has 4 nitrogen and oxygen atoms in total. The zero-order valence-corrected chi connectivity index (χ0v) is 7.57. The molecule has 1 aromatic rings. The smallest absolute Gasteiger partial charge is 0.125 e. The number of rotatable bonds is 4. The van der Waals surface area contributed by atoms with Crippen molar-refractivity contribution in [2.24, 2.45) is 0 Å². The second-order valence-corrected chi connectivity index (χ2v) is 2.68. The van der Waals surface area contributed by atoms with Crippen molar-refractivity contribution in [2.45, 2.75) is 12.5 Å². The number of hydrogen-bond donors (Lipinski definition) is 2. The van der Waals surface area contributed by atoms with E-state index in [0.29, 0.717) is 0 Å². The molecule has 0 fully saturated rings. The average molecular weight is 186 g/mol. The van der Waals surface area contributed by atoms with Gasteiger partial charge in [-0.05, 0) is 12.1 Å². The lowest BCUT2D eigenvalue weighted by Gasteiger charge is -2.10. The Hall–Kier alpha value is -2.04. The summed E-state index contributed by atoms with van der Waals surface area (Å²) in [5.74, 6) is 0. The standard InChI is InChI=1S/C10H10N4/c11-7-6-10(8-12)14-13-9-4-2-1-3-5-9/h1-5,10,13-14H,6H2. The normalized spacial score (nSPS) is 11.0. The molecule has 0 aliphatic rings.